The van der Waals surface area contributed by atoms with E-state index in [0.717, 1.165) is 0 Å². The lowest BCUT2D eigenvalue weighted by molar-refractivity contribution is 0.101. The van der Waals surface area contributed by atoms with Gasteiger partial charge in [0.05, 0.1) is 0 Å². The van der Waals surface area contributed by atoms with Crippen LogP contribution in [0.15, 0.2) is 39.5 Å². The number of carbonyl (C=O) groups excluding carboxylic acids is 1. The second-order valence-corrected chi connectivity index (χ2v) is 4.55. The summed E-state index contributed by atoms with van der Waals surface area (Å²) in [6, 6.07) is 8.21. The number of anilines is 2. The van der Waals surface area contributed by atoms with E-state index in [2.05, 4.69) is 5.32 Å². The minimum absolute atomic E-state index is 0.00516. The van der Waals surface area contributed by atoms with Crippen LogP contribution in [0.3, 0.4) is 0 Å². The molecule has 1 aromatic carbocycles. The van der Waals surface area contributed by atoms with Crippen LogP contribution in [-0.4, -0.2) is 5.78 Å². The zero-order valence-corrected chi connectivity index (χ0v) is 11.2. The lowest BCUT2D eigenvalue weighted by Crippen LogP contribution is -2.15. The first kappa shape index (κ1) is 13.4. The van der Waals surface area contributed by atoms with Crippen molar-refractivity contribution in [3.05, 3.63) is 56.9 Å². The average Bonchev–Trinajstić information content (AvgIpc) is 2.26. The topological polar surface area (TPSA) is 59.3 Å². The van der Waals surface area contributed by atoms with Gasteiger partial charge in [-0.25, -0.2) is 0 Å². The third kappa shape index (κ3) is 3.03. The van der Waals surface area contributed by atoms with Crippen molar-refractivity contribution in [1.82, 2.24) is 0 Å². The molecule has 1 aromatic heterocycles. The molecule has 0 amide bonds. The van der Waals surface area contributed by atoms with Gasteiger partial charge >= 0.3 is 0 Å². The number of ketones is 1. The van der Waals surface area contributed by atoms with Gasteiger partial charge in [0.1, 0.15) is 11.3 Å². The molecule has 98 valence electrons. The Bertz CT molecular complexity index is 691. The summed E-state index contributed by atoms with van der Waals surface area (Å²) >= 11 is 5.88. The Morgan fingerprint density at radius 2 is 2.05 bits per heavy atom. The normalized spacial score (nSPS) is 10.3. The van der Waals surface area contributed by atoms with E-state index < -0.39 is 0 Å². The first-order valence-corrected chi connectivity index (χ1v) is 6.03. The number of halogens is 1. The average molecular weight is 278 g/mol. The second-order valence-electron chi connectivity index (χ2n) is 4.12. The molecule has 0 saturated carbocycles. The Kier molecular flexibility index (Phi) is 3.71. The maximum Gasteiger partial charge on any atom is 0.212 e. The molecular formula is C14H12ClNO3. The summed E-state index contributed by atoms with van der Waals surface area (Å²) in [4.78, 5) is 23.3. The van der Waals surface area contributed by atoms with E-state index in [9.17, 15) is 9.59 Å². The fourth-order valence-corrected chi connectivity index (χ4v) is 1.92. The molecule has 4 nitrogen and oxygen atoms in total. The monoisotopic (exact) mass is 277 g/mol. The molecule has 19 heavy (non-hydrogen) atoms. The van der Waals surface area contributed by atoms with Crippen molar-refractivity contribution in [2.45, 2.75) is 13.8 Å². The van der Waals surface area contributed by atoms with Crippen LogP contribution in [-0.2, 0) is 0 Å². The van der Waals surface area contributed by atoms with Crippen LogP contribution in [0.25, 0.3) is 0 Å². The molecule has 0 aliphatic carbocycles. The van der Waals surface area contributed by atoms with Gasteiger partial charge in [-0.3, -0.25) is 9.59 Å². The van der Waals surface area contributed by atoms with Crippen LogP contribution in [0.5, 0.6) is 0 Å². The lowest BCUT2D eigenvalue weighted by Gasteiger charge is -2.09. The molecule has 5 heteroatoms. The Labute approximate surface area is 115 Å². The third-order valence-corrected chi connectivity index (χ3v) is 2.74. The molecule has 0 unspecified atom stereocenters. The summed E-state index contributed by atoms with van der Waals surface area (Å²) in [5.41, 5.74) is 0.287. The van der Waals surface area contributed by atoms with Crippen LogP contribution in [0.4, 0.5) is 11.6 Å². The third-order valence-electron chi connectivity index (χ3n) is 2.51. The zero-order valence-electron chi connectivity index (χ0n) is 10.5. The molecule has 0 aliphatic rings. The molecule has 0 radical (unpaired) electrons. The zero-order chi connectivity index (χ0) is 14.0. The Morgan fingerprint density at radius 1 is 1.32 bits per heavy atom. The molecule has 0 spiro atoms. The van der Waals surface area contributed by atoms with Gasteiger partial charge in [-0.15, -0.1) is 0 Å². The summed E-state index contributed by atoms with van der Waals surface area (Å²) in [5, 5.41) is 3.45. The van der Waals surface area contributed by atoms with Crippen LogP contribution < -0.4 is 10.7 Å². The van der Waals surface area contributed by atoms with Crippen LogP contribution in [0.2, 0.25) is 5.02 Å². The van der Waals surface area contributed by atoms with E-state index in [1.165, 1.54) is 13.0 Å². The van der Waals surface area contributed by atoms with E-state index in [1.54, 1.807) is 31.2 Å². The van der Waals surface area contributed by atoms with E-state index in [-0.39, 0.29) is 22.7 Å². The predicted molar refractivity (Wildman–Crippen MR) is 74.5 cm³/mol. The summed E-state index contributed by atoms with van der Waals surface area (Å²) < 4.78 is 5.42. The van der Waals surface area contributed by atoms with Crippen molar-refractivity contribution in [3.8, 4) is 0 Å². The Hall–Kier alpha value is -2.07. The molecule has 0 saturated heterocycles. The van der Waals surface area contributed by atoms with Gasteiger partial charge < -0.3 is 9.73 Å². The number of Topliss-reactive ketones (excluding diaryl/α,β-unsaturated/α-hetero) is 1. The van der Waals surface area contributed by atoms with Gasteiger partial charge in [0, 0.05) is 16.8 Å². The number of aryl methyl sites for hydroxylation is 1. The van der Waals surface area contributed by atoms with Crippen molar-refractivity contribution in [2.24, 2.45) is 0 Å². The summed E-state index contributed by atoms with van der Waals surface area (Å²) in [5.74, 6) is 0.220. The maximum atomic E-state index is 11.8. The lowest BCUT2D eigenvalue weighted by atomic mass is 10.1. The Morgan fingerprint density at radius 3 is 2.68 bits per heavy atom. The molecule has 1 N–H and O–H groups in total. The molecule has 2 rings (SSSR count). The van der Waals surface area contributed by atoms with E-state index in [1.807, 2.05) is 0 Å². The number of rotatable bonds is 3. The van der Waals surface area contributed by atoms with Crippen molar-refractivity contribution in [2.75, 3.05) is 5.32 Å². The summed E-state index contributed by atoms with van der Waals surface area (Å²) in [6.45, 7) is 2.97. The van der Waals surface area contributed by atoms with E-state index in [0.29, 0.717) is 16.5 Å². The number of benzene rings is 1. The molecule has 0 atom stereocenters. The largest absolute Gasteiger partial charge is 0.445 e. The molecule has 0 aliphatic heterocycles. The summed E-state index contributed by atoms with van der Waals surface area (Å²) in [6.07, 6.45) is 0. The molecule has 0 fully saturated rings. The van der Waals surface area contributed by atoms with Gasteiger partial charge in [-0.05, 0) is 32.0 Å². The van der Waals surface area contributed by atoms with Crippen molar-refractivity contribution in [3.63, 3.8) is 0 Å². The van der Waals surface area contributed by atoms with E-state index >= 15 is 0 Å². The van der Waals surface area contributed by atoms with Gasteiger partial charge in [0.15, 0.2) is 11.2 Å². The van der Waals surface area contributed by atoms with Gasteiger partial charge in [0.2, 0.25) is 5.88 Å². The summed E-state index contributed by atoms with van der Waals surface area (Å²) in [7, 11) is 0. The van der Waals surface area contributed by atoms with Crippen molar-refractivity contribution in [1.29, 1.82) is 0 Å². The van der Waals surface area contributed by atoms with Gasteiger partial charge in [0.25, 0.3) is 0 Å². The first-order chi connectivity index (χ1) is 8.97. The van der Waals surface area contributed by atoms with Gasteiger partial charge in [-0.1, -0.05) is 17.7 Å². The molecule has 2 aromatic rings. The predicted octanol–water partition coefficient (Wildman–Crippen LogP) is 3.55. The Balaban J connectivity index is 2.50. The first-order valence-electron chi connectivity index (χ1n) is 5.65. The van der Waals surface area contributed by atoms with Crippen molar-refractivity contribution >= 4 is 29.0 Å². The number of hydrogen-bond donors (Lipinski definition) is 1. The van der Waals surface area contributed by atoms with Gasteiger partial charge in [-0.2, -0.15) is 0 Å². The molecule has 1 heterocycles. The smallest absolute Gasteiger partial charge is 0.212 e. The standard InChI is InChI=1S/C14H12ClNO3/c1-8-6-12(18)13(9(2)17)14(19-8)16-11-5-3-4-10(15)7-11/h3-7,16H,1-2H3. The fraction of sp³-hybridized carbons (Fsp3) is 0.143. The number of hydrogen-bond acceptors (Lipinski definition) is 4. The number of carbonyl (C=O) groups is 1. The van der Waals surface area contributed by atoms with Crippen LogP contribution in [0.1, 0.15) is 23.0 Å². The molecule has 0 bridgehead atoms. The van der Waals surface area contributed by atoms with Crippen LogP contribution in [0, 0.1) is 6.92 Å². The molecular weight excluding hydrogens is 266 g/mol. The van der Waals surface area contributed by atoms with E-state index in [4.69, 9.17) is 16.0 Å². The van der Waals surface area contributed by atoms with Crippen molar-refractivity contribution < 1.29 is 9.21 Å². The fourth-order valence-electron chi connectivity index (χ4n) is 1.73. The highest BCUT2D eigenvalue weighted by Crippen LogP contribution is 2.22. The quantitative estimate of drug-likeness (QED) is 0.872. The SMILES string of the molecule is CC(=O)c1c(Nc2cccc(Cl)c2)oc(C)cc1=O. The highest BCUT2D eigenvalue weighted by molar-refractivity contribution is 6.30. The second kappa shape index (κ2) is 5.28. The maximum absolute atomic E-state index is 11.8. The van der Waals surface area contributed by atoms with Crippen LogP contribution >= 0.6 is 11.6 Å². The highest BCUT2D eigenvalue weighted by atomic mass is 35.5. The minimum Gasteiger partial charge on any atom is -0.445 e. The minimum atomic E-state index is -0.360. The number of nitrogens with one attached hydrogen (secondary N) is 1. The highest BCUT2D eigenvalue weighted by Gasteiger charge is 2.15.